The standard InChI is InChI=1S/C24H41N7O.HI/c1-3-25-24(27-13-8-16-29-15-7-5-9-21(29)2)28-14-11-23(32)31-19-17-30(18-20-31)22-10-4-6-12-26-22;/h4,6,10,12,21H,3,5,7-9,11,13-20H2,1-2H3,(H2,25,27,28);1H. The first-order valence-corrected chi connectivity index (χ1v) is 12.4. The Morgan fingerprint density at radius 1 is 1.15 bits per heavy atom. The zero-order valence-corrected chi connectivity index (χ0v) is 22.7. The maximum atomic E-state index is 12.6. The van der Waals surface area contributed by atoms with Crippen LogP contribution < -0.4 is 15.5 Å². The van der Waals surface area contributed by atoms with Gasteiger partial charge in [0.25, 0.3) is 0 Å². The molecule has 3 heterocycles. The number of anilines is 1. The molecule has 2 fully saturated rings. The van der Waals surface area contributed by atoms with Crippen LogP contribution in [0.4, 0.5) is 5.82 Å². The van der Waals surface area contributed by atoms with E-state index in [1.165, 1.54) is 25.8 Å². The SMILES string of the molecule is CCNC(=NCCCN1CCCCC1C)NCCC(=O)N1CCN(c2ccccn2)CC1.I. The lowest BCUT2D eigenvalue weighted by Crippen LogP contribution is -2.49. The molecule has 8 nitrogen and oxygen atoms in total. The molecule has 1 amide bonds. The zero-order valence-electron chi connectivity index (χ0n) is 20.3. The lowest BCUT2D eigenvalue weighted by atomic mass is 10.0. The number of hydrogen-bond donors (Lipinski definition) is 2. The molecule has 1 aromatic heterocycles. The number of halogens is 1. The normalized spacial score (nSPS) is 19.7. The molecule has 186 valence electrons. The quantitative estimate of drug-likeness (QED) is 0.206. The van der Waals surface area contributed by atoms with Gasteiger partial charge in [-0.2, -0.15) is 0 Å². The van der Waals surface area contributed by atoms with E-state index in [4.69, 9.17) is 4.99 Å². The summed E-state index contributed by atoms with van der Waals surface area (Å²) in [6, 6.07) is 6.66. The minimum absolute atomic E-state index is 0. The van der Waals surface area contributed by atoms with Crippen LogP contribution in [0.3, 0.4) is 0 Å². The predicted molar refractivity (Wildman–Crippen MR) is 147 cm³/mol. The van der Waals surface area contributed by atoms with Gasteiger partial charge < -0.3 is 25.3 Å². The van der Waals surface area contributed by atoms with Gasteiger partial charge in [-0.15, -0.1) is 24.0 Å². The Labute approximate surface area is 216 Å². The average Bonchev–Trinajstić information content (AvgIpc) is 2.83. The number of rotatable bonds is 9. The molecule has 33 heavy (non-hydrogen) atoms. The van der Waals surface area contributed by atoms with Gasteiger partial charge >= 0.3 is 0 Å². The van der Waals surface area contributed by atoms with E-state index in [1.807, 2.05) is 29.3 Å². The van der Waals surface area contributed by atoms with Crippen LogP contribution in [0.15, 0.2) is 29.4 Å². The molecule has 2 aliphatic heterocycles. The topological polar surface area (TPSA) is 76.1 Å². The van der Waals surface area contributed by atoms with Crippen molar-refractivity contribution in [1.29, 1.82) is 0 Å². The fourth-order valence-corrected chi connectivity index (χ4v) is 4.47. The van der Waals surface area contributed by atoms with E-state index in [1.54, 1.807) is 0 Å². The third-order valence-electron chi connectivity index (χ3n) is 6.40. The van der Waals surface area contributed by atoms with Gasteiger partial charge in [-0.3, -0.25) is 9.79 Å². The highest BCUT2D eigenvalue weighted by atomic mass is 127. The zero-order chi connectivity index (χ0) is 22.6. The summed E-state index contributed by atoms with van der Waals surface area (Å²) in [7, 11) is 0. The van der Waals surface area contributed by atoms with Gasteiger partial charge in [-0.25, -0.2) is 4.98 Å². The van der Waals surface area contributed by atoms with Crippen LogP contribution in [0, 0.1) is 0 Å². The minimum atomic E-state index is 0. The molecular weight excluding hydrogens is 529 g/mol. The van der Waals surface area contributed by atoms with Gasteiger partial charge in [0, 0.05) is 71.0 Å². The lowest BCUT2D eigenvalue weighted by Gasteiger charge is -2.35. The smallest absolute Gasteiger partial charge is 0.224 e. The molecule has 2 saturated heterocycles. The summed E-state index contributed by atoms with van der Waals surface area (Å²) in [4.78, 5) is 28.5. The van der Waals surface area contributed by atoms with Crippen molar-refractivity contribution >= 4 is 41.7 Å². The molecule has 3 rings (SSSR count). The summed E-state index contributed by atoms with van der Waals surface area (Å²) in [6.45, 7) is 12.1. The molecule has 0 aromatic carbocycles. The van der Waals surface area contributed by atoms with Crippen LogP contribution in [-0.2, 0) is 4.79 Å². The molecule has 2 aliphatic rings. The van der Waals surface area contributed by atoms with E-state index >= 15 is 0 Å². The third-order valence-corrected chi connectivity index (χ3v) is 6.40. The fraction of sp³-hybridized carbons (Fsp3) is 0.708. The number of hydrogen-bond acceptors (Lipinski definition) is 5. The highest BCUT2D eigenvalue weighted by Gasteiger charge is 2.21. The van der Waals surface area contributed by atoms with Crippen LogP contribution >= 0.6 is 24.0 Å². The van der Waals surface area contributed by atoms with Crippen molar-refractivity contribution in [3.8, 4) is 0 Å². The van der Waals surface area contributed by atoms with Crippen molar-refractivity contribution in [2.24, 2.45) is 4.99 Å². The first kappa shape index (κ1) is 27.6. The van der Waals surface area contributed by atoms with Crippen LogP contribution in [0.1, 0.15) is 46.0 Å². The lowest BCUT2D eigenvalue weighted by molar-refractivity contribution is -0.131. The summed E-state index contributed by atoms with van der Waals surface area (Å²) in [5, 5.41) is 6.62. The molecule has 1 aromatic rings. The van der Waals surface area contributed by atoms with Crippen LogP contribution in [0.2, 0.25) is 0 Å². The van der Waals surface area contributed by atoms with Gasteiger partial charge in [0.15, 0.2) is 5.96 Å². The number of piperidine rings is 1. The Balaban J connectivity index is 0.00000385. The van der Waals surface area contributed by atoms with Crippen molar-refractivity contribution in [2.75, 3.05) is 63.8 Å². The molecule has 0 bridgehead atoms. The number of aromatic nitrogens is 1. The second-order valence-electron chi connectivity index (χ2n) is 8.73. The van der Waals surface area contributed by atoms with Gasteiger partial charge in [0.1, 0.15) is 5.82 Å². The number of likely N-dealkylation sites (tertiary alicyclic amines) is 1. The van der Waals surface area contributed by atoms with E-state index in [-0.39, 0.29) is 29.9 Å². The maximum absolute atomic E-state index is 12.6. The number of pyridine rings is 1. The van der Waals surface area contributed by atoms with Gasteiger partial charge in [-0.1, -0.05) is 12.5 Å². The fourth-order valence-electron chi connectivity index (χ4n) is 4.47. The summed E-state index contributed by atoms with van der Waals surface area (Å²) in [6.07, 6.45) is 7.38. The number of nitrogens with zero attached hydrogens (tertiary/aromatic N) is 5. The highest BCUT2D eigenvalue weighted by molar-refractivity contribution is 14.0. The van der Waals surface area contributed by atoms with Crippen molar-refractivity contribution in [3.63, 3.8) is 0 Å². The molecule has 0 saturated carbocycles. The number of nitrogens with one attached hydrogen (secondary N) is 2. The van der Waals surface area contributed by atoms with E-state index in [2.05, 4.69) is 39.3 Å². The van der Waals surface area contributed by atoms with Crippen LogP contribution in [0.25, 0.3) is 0 Å². The first-order valence-electron chi connectivity index (χ1n) is 12.4. The van der Waals surface area contributed by atoms with Crippen LogP contribution in [0.5, 0.6) is 0 Å². The van der Waals surface area contributed by atoms with Gasteiger partial charge in [0.05, 0.1) is 0 Å². The molecular formula is C24H42IN7O. The Morgan fingerprint density at radius 3 is 2.67 bits per heavy atom. The van der Waals surface area contributed by atoms with E-state index in [9.17, 15) is 4.79 Å². The minimum Gasteiger partial charge on any atom is -0.357 e. The number of carbonyl (C=O) groups is 1. The monoisotopic (exact) mass is 571 g/mol. The second kappa shape index (κ2) is 15.3. The number of carbonyl (C=O) groups excluding carboxylic acids is 1. The summed E-state index contributed by atoms with van der Waals surface area (Å²) < 4.78 is 0. The molecule has 1 atom stereocenters. The predicted octanol–water partition coefficient (Wildman–Crippen LogP) is 2.56. The van der Waals surface area contributed by atoms with Crippen molar-refractivity contribution in [1.82, 2.24) is 25.4 Å². The Kier molecular flexibility index (Phi) is 12.8. The average molecular weight is 572 g/mol. The molecule has 9 heteroatoms. The Hall–Kier alpha value is -1.62. The Morgan fingerprint density at radius 2 is 1.97 bits per heavy atom. The first-order chi connectivity index (χ1) is 15.7. The summed E-state index contributed by atoms with van der Waals surface area (Å²) in [5.41, 5.74) is 0. The van der Waals surface area contributed by atoms with E-state index in [0.717, 1.165) is 64.0 Å². The van der Waals surface area contributed by atoms with Crippen molar-refractivity contribution in [3.05, 3.63) is 24.4 Å². The number of guanidine groups is 1. The molecule has 1 unspecified atom stereocenters. The molecule has 2 N–H and O–H groups in total. The van der Waals surface area contributed by atoms with E-state index in [0.29, 0.717) is 19.0 Å². The van der Waals surface area contributed by atoms with Crippen molar-refractivity contribution in [2.45, 2.75) is 52.0 Å². The Bertz CT molecular complexity index is 710. The second-order valence-corrected chi connectivity index (χ2v) is 8.73. The molecule has 0 spiro atoms. The van der Waals surface area contributed by atoms with Crippen LogP contribution in [-0.4, -0.2) is 91.6 Å². The number of piperazine rings is 1. The van der Waals surface area contributed by atoms with Gasteiger partial charge in [0.2, 0.25) is 5.91 Å². The number of amides is 1. The molecule has 0 aliphatic carbocycles. The maximum Gasteiger partial charge on any atom is 0.224 e. The largest absolute Gasteiger partial charge is 0.357 e. The molecule has 0 radical (unpaired) electrons. The highest BCUT2D eigenvalue weighted by Crippen LogP contribution is 2.16. The third kappa shape index (κ3) is 9.27. The van der Waals surface area contributed by atoms with Gasteiger partial charge in [-0.05, 0) is 51.8 Å². The van der Waals surface area contributed by atoms with Crippen molar-refractivity contribution < 1.29 is 4.79 Å². The summed E-state index contributed by atoms with van der Waals surface area (Å²) in [5.74, 6) is 2.00. The number of aliphatic imine (C=N–C) groups is 1. The summed E-state index contributed by atoms with van der Waals surface area (Å²) >= 11 is 0. The van der Waals surface area contributed by atoms with E-state index < -0.39 is 0 Å².